The molecule has 0 aromatic carbocycles. The smallest absolute Gasteiger partial charge is 0.409 e. The highest BCUT2D eigenvalue weighted by Gasteiger charge is 2.31. The van der Waals surface area contributed by atoms with Crippen molar-refractivity contribution in [2.45, 2.75) is 46.6 Å². The van der Waals surface area contributed by atoms with E-state index in [-0.39, 0.29) is 12.1 Å². The van der Waals surface area contributed by atoms with Gasteiger partial charge in [0.25, 0.3) is 0 Å². The van der Waals surface area contributed by atoms with E-state index >= 15 is 0 Å². The van der Waals surface area contributed by atoms with Crippen LogP contribution in [-0.2, 0) is 4.74 Å². The molecule has 1 rings (SSSR count). The van der Waals surface area contributed by atoms with Crippen molar-refractivity contribution in [3.05, 3.63) is 0 Å². The number of likely N-dealkylation sites (tertiary alicyclic amines) is 1. The lowest BCUT2D eigenvalue weighted by atomic mass is 9.90. The second-order valence-corrected chi connectivity index (χ2v) is 4.09. The molecule has 1 aliphatic heterocycles. The minimum absolute atomic E-state index is 0.161. The zero-order valence-corrected chi connectivity index (χ0v) is 12.0. The van der Waals surface area contributed by atoms with Crippen molar-refractivity contribution in [2.24, 2.45) is 5.92 Å². The van der Waals surface area contributed by atoms with Crippen LogP contribution in [-0.4, -0.2) is 43.8 Å². The maximum absolute atomic E-state index is 11.6. The van der Waals surface area contributed by atoms with Crippen molar-refractivity contribution >= 4 is 6.09 Å². The first kappa shape index (κ1) is 16.2. The Kier molecular flexibility index (Phi) is 8.86. The molecular formula is C13H28N2O2. The van der Waals surface area contributed by atoms with Gasteiger partial charge < -0.3 is 15.0 Å². The van der Waals surface area contributed by atoms with Gasteiger partial charge in [-0.25, -0.2) is 4.79 Å². The molecule has 4 heteroatoms. The Balaban J connectivity index is 0.00000121. The Morgan fingerprint density at radius 3 is 2.65 bits per heavy atom. The molecular weight excluding hydrogens is 216 g/mol. The van der Waals surface area contributed by atoms with Crippen molar-refractivity contribution in [1.29, 1.82) is 0 Å². The number of hydrogen-bond donors (Lipinski definition) is 1. The topological polar surface area (TPSA) is 41.6 Å². The SMILES string of the molecule is CC.CCOC(=O)N1CCC[C@H](CNC)[C@@H]1C. The summed E-state index contributed by atoms with van der Waals surface area (Å²) in [4.78, 5) is 13.5. The van der Waals surface area contributed by atoms with Gasteiger partial charge in [-0.2, -0.15) is 0 Å². The van der Waals surface area contributed by atoms with Crippen molar-refractivity contribution in [3.63, 3.8) is 0 Å². The zero-order chi connectivity index (χ0) is 13.3. The quantitative estimate of drug-likeness (QED) is 0.829. The molecule has 0 bridgehead atoms. The Morgan fingerprint density at radius 2 is 2.12 bits per heavy atom. The van der Waals surface area contributed by atoms with Crippen LogP contribution in [0.2, 0.25) is 0 Å². The summed E-state index contributed by atoms with van der Waals surface area (Å²) in [6, 6.07) is 0.283. The van der Waals surface area contributed by atoms with Gasteiger partial charge in [-0.15, -0.1) is 0 Å². The lowest BCUT2D eigenvalue weighted by Crippen LogP contribution is -2.49. The number of carbonyl (C=O) groups excluding carboxylic acids is 1. The molecule has 0 unspecified atom stereocenters. The highest BCUT2D eigenvalue weighted by atomic mass is 16.6. The molecule has 4 nitrogen and oxygen atoms in total. The molecule has 17 heavy (non-hydrogen) atoms. The fourth-order valence-electron chi connectivity index (χ4n) is 2.22. The maximum Gasteiger partial charge on any atom is 0.409 e. The molecule has 0 saturated carbocycles. The molecule has 0 aromatic rings. The molecule has 2 atom stereocenters. The minimum atomic E-state index is -0.161. The number of carbonyl (C=O) groups is 1. The summed E-state index contributed by atoms with van der Waals surface area (Å²) >= 11 is 0. The van der Waals surface area contributed by atoms with E-state index in [1.165, 1.54) is 6.42 Å². The van der Waals surface area contributed by atoms with E-state index in [0.29, 0.717) is 12.5 Å². The van der Waals surface area contributed by atoms with E-state index in [4.69, 9.17) is 4.74 Å². The highest BCUT2D eigenvalue weighted by Crippen LogP contribution is 2.23. The predicted octanol–water partition coefficient (Wildman–Crippen LogP) is 2.49. The molecule has 1 aliphatic rings. The zero-order valence-electron chi connectivity index (χ0n) is 12.0. The lowest BCUT2D eigenvalue weighted by Gasteiger charge is -2.38. The summed E-state index contributed by atoms with van der Waals surface area (Å²) in [5.41, 5.74) is 0. The van der Waals surface area contributed by atoms with E-state index in [1.54, 1.807) is 0 Å². The van der Waals surface area contributed by atoms with Crippen LogP contribution in [0.3, 0.4) is 0 Å². The Morgan fingerprint density at radius 1 is 1.47 bits per heavy atom. The molecule has 0 aromatic heterocycles. The van der Waals surface area contributed by atoms with Gasteiger partial charge in [-0.1, -0.05) is 13.8 Å². The van der Waals surface area contributed by atoms with Gasteiger partial charge >= 0.3 is 6.09 Å². The largest absolute Gasteiger partial charge is 0.450 e. The first-order valence-electron chi connectivity index (χ1n) is 6.78. The van der Waals surface area contributed by atoms with Crippen LogP contribution in [0.5, 0.6) is 0 Å². The number of rotatable bonds is 3. The summed E-state index contributed by atoms with van der Waals surface area (Å²) < 4.78 is 5.04. The van der Waals surface area contributed by atoms with Crippen molar-refractivity contribution in [1.82, 2.24) is 10.2 Å². The van der Waals surface area contributed by atoms with Gasteiger partial charge in [0.2, 0.25) is 0 Å². The van der Waals surface area contributed by atoms with E-state index in [0.717, 1.165) is 19.5 Å². The minimum Gasteiger partial charge on any atom is -0.450 e. The number of hydrogen-bond acceptors (Lipinski definition) is 3. The first-order valence-corrected chi connectivity index (χ1v) is 6.78. The predicted molar refractivity (Wildman–Crippen MR) is 71.2 cm³/mol. The maximum atomic E-state index is 11.6. The molecule has 0 spiro atoms. The standard InChI is InChI=1S/C11H22N2O2.C2H6/c1-4-15-11(14)13-7-5-6-10(8-12-3)9(13)2;1-2/h9-10,12H,4-8H2,1-3H3;1-2H3/t9-,10+;/m0./s1. The van der Waals surface area contributed by atoms with Crippen molar-refractivity contribution in [2.75, 3.05) is 26.7 Å². The lowest BCUT2D eigenvalue weighted by molar-refractivity contribution is 0.0618. The Labute approximate surface area is 106 Å². The van der Waals surface area contributed by atoms with Crippen LogP contribution < -0.4 is 5.32 Å². The van der Waals surface area contributed by atoms with E-state index in [9.17, 15) is 4.79 Å². The van der Waals surface area contributed by atoms with Gasteiger partial charge in [0.05, 0.1) is 6.61 Å². The molecule has 1 heterocycles. The van der Waals surface area contributed by atoms with Crippen LogP contribution in [0.4, 0.5) is 4.79 Å². The average molecular weight is 244 g/mol. The van der Waals surface area contributed by atoms with Gasteiger partial charge in [0, 0.05) is 12.6 Å². The van der Waals surface area contributed by atoms with Gasteiger partial charge in [-0.05, 0) is 46.2 Å². The first-order chi connectivity index (χ1) is 8.20. The fraction of sp³-hybridized carbons (Fsp3) is 0.923. The third kappa shape index (κ3) is 4.94. The van der Waals surface area contributed by atoms with Crippen molar-refractivity contribution in [3.8, 4) is 0 Å². The monoisotopic (exact) mass is 244 g/mol. The van der Waals surface area contributed by atoms with Crippen LogP contribution in [0.15, 0.2) is 0 Å². The number of amides is 1. The molecule has 0 radical (unpaired) electrons. The highest BCUT2D eigenvalue weighted by molar-refractivity contribution is 5.68. The number of ether oxygens (including phenoxy) is 1. The van der Waals surface area contributed by atoms with Crippen LogP contribution in [0, 0.1) is 5.92 Å². The molecule has 0 aliphatic carbocycles. The number of nitrogens with zero attached hydrogens (tertiary/aromatic N) is 1. The van der Waals surface area contributed by atoms with Crippen LogP contribution >= 0.6 is 0 Å². The number of nitrogens with one attached hydrogen (secondary N) is 1. The summed E-state index contributed by atoms with van der Waals surface area (Å²) in [5, 5.41) is 3.18. The molecule has 1 fully saturated rings. The van der Waals surface area contributed by atoms with E-state index in [1.807, 2.05) is 32.7 Å². The molecule has 1 amide bonds. The second-order valence-electron chi connectivity index (χ2n) is 4.09. The summed E-state index contributed by atoms with van der Waals surface area (Å²) in [6.07, 6.45) is 2.11. The fourth-order valence-corrected chi connectivity index (χ4v) is 2.22. The summed E-state index contributed by atoms with van der Waals surface area (Å²) in [6.45, 7) is 10.2. The number of piperidine rings is 1. The Hall–Kier alpha value is -0.770. The second kappa shape index (κ2) is 9.28. The molecule has 1 N–H and O–H groups in total. The molecule has 1 saturated heterocycles. The Bertz CT molecular complexity index is 208. The van der Waals surface area contributed by atoms with Crippen molar-refractivity contribution < 1.29 is 9.53 Å². The van der Waals surface area contributed by atoms with Crippen LogP contribution in [0.1, 0.15) is 40.5 Å². The molecule has 102 valence electrons. The van der Waals surface area contributed by atoms with Gasteiger partial charge in [-0.3, -0.25) is 0 Å². The summed E-state index contributed by atoms with van der Waals surface area (Å²) in [7, 11) is 1.95. The van der Waals surface area contributed by atoms with E-state index < -0.39 is 0 Å². The normalized spacial score (nSPS) is 23.7. The third-order valence-electron chi connectivity index (χ3n) is 3.12. The van der Waals surface area contributed by atoms with Gasteiger partial charge in [0.15, 0.2) is 0 Å². The van der Waals surface area contributed by atoms with Gasteiger partial charge in [0.1, 0.15) is 0 Å². The van der Waals surface area contributed by atoms with E-state index in [2.05, 4.69) is 12.2 Å². The third-order valence-corrected chi connectivity index (χ3v) is 3.12. The average Bonchev–Trinajstić information content (AvgIpc) is 2.35. The summed E-state index contributed by atoms with van der Waals surface area (Å²) in [5.74, 6) is 0.549. The van der Waals surface area contributed by atoms with Crippen LogP contribution in [0.25, 0.3) is 0 Å².